The fourth-order valence-corrected chi connectivity index (χ4v) is 3.22. The molecule has 0 saturated carbocycles. The first-order chi connectivity index (χ1) is 7.92. The highest BCUT2D eigenvalue weighted by Crippen LogP contribution is 2.13. The summed E-state index contributed by atoms with van der Waals surface area (Å²) in [5.41, 5.74) is 1.29. The molecule has 0 spiro atoms. The molecule has 0 bridgehead atoms. The molecule has 0 aromatic carbocycles. The Morgan fingerprint density at radius 1 is 1.47 bits per heavy atom. The van der Waals surface area contributed by atoms with Crippen molar-refractivity contribution in [1.82, 2.24) is 9.62 Å². The summed E-state index contributed by atoms with van der Waals surface area (Å²) in [6.07, 6.45) is 3.55. The van der Waals surface area contributed by atoms with Crippen molar-refractivity contribution in [1.29, 1.82) is 0 Å². The topological polar surface area (TPSA) is 49.4 Å². The lowest BCUT2D eigenvalue weighted by Gasteiger charge is -2.24. The van der Waals surface area contributed by atoms with E-state index >= 15 is 0 Å². The van der Waals surface area contributed by atoms with Crippen molar-refractivity contribution in [2.24, 2.45) is 0 Å². The summed E-state index contributed by atoms with van der Waals surface area (Å²) >= 11 is 0. The number of rotatable bonds is 6. The number of nitrogens with zero attached hydrogens (tertiary/aromatic N) is 1. The molecule has 0 atom stereocenters. The van der Waals surface area contributed by atoms with Gasteiger partial charge in [0.15, 0.2) is 0 Å². The van der Waals surface area contributed by atoms with E-state index in [-0.39, 0.29) is 5.75 Å². The number of hydrogen-bond acceptors (Lipinski definition) is 3. The van der Waals surface area contributed by atoms with Gasteiger partial charge in [0.2, 0.25) is 10.0 Å². The Morgan fingerprint density at radius 2 is 2.18 bits per heavy atom. The molecule has 0 radical (unpaired) electrons. The molecule has 0 aliphatic carbocycles. The molecule has 100 valence electrons. The van der Waals surface area contributed by atoms with Gasteiger partial charge in [0.25, 0.3) is 0 Å². The van der Waals surface area contributed by atoms with E-state index in [1.165, 1.54) is 5.57 Å². The van der Waals surface area contributed by atoms with Crippen LogP contribution in [0.3, 0.4) is 0 Å². The minimum absolute atomic E-state index is 0.250. The predicted molar refractivity (Wildman–Crippen MR) is 71.5 cm³/mol. The Kier molecular flexibility index (Phi) is 5.62. The van der Waals surface area contributed by atoms with Crippen LogP contribution in [0.15, 0.2) is 11.6 Å². The maximum atomic E-state index is 12.0. The van der Waals surface area contributed by atoms with Crippen molar-refractivity contribution < 1.29 is 8.42 Å². The summed E-state index contributed by atoms with van der Waals surface area (Å²) in [5.74, 6) is 0.250. The van der Waals surface area contributed by atoms with Crippen LogP contribution in [0.5, 0.6) is 0 Å². The zero-order valence-electron chi connectivity index (χ0n) is 11.1. The first-order valence-electron chi connectivity index (χ1n) is 6.28. The van der Waals surface area contributed by atoms with E-state index in [0.29, 0.717) is 25.6 Å². The molecule has 0 aromatic rings. The summed E-state index contributed by atoms with van der Waals surface area (Å²) < 4.78 is 25.6. The van der Waals surface area contributed by atoms with Crippen LogP contribution < -0.4 is 5.32 Å². The van der Waals surface area contributed by atoms with Crippen LogP contribution >= 0.6 is 0 Å². The lowest BCUT2D eigenvalue weighted by Crippen LogP contribution is -2.37. The van der Waals surface area contributed by atoms with Crippen LogP contribution in [0.1, 0.15) is 33.6 Å². The van der Waals surface area contributed by atoms with E-state index in [1.807, 2.05) is 6.08 Å². The van der Waals surface area contributed by atoms with E-state index in [4.69, 9.17) is 0 Å². The van der Waals surface area contributed by atoms with Crippen LogP contribution in [0.2, 0.25) is 0 Å². The van der Waals surface area contributed by atoms with Crippen molar-refractivity contribution in [3.05, 3.63) is 11.6 Å². The molecular weight excluding hydrogens is 236 g/mol. The van der Waals surface area contributed by atoms with Crippen molar-refractivity contribution >= 4 is 10.0 Å². The second-order valence-electron chi connectivity index (χ2n) is 4.94. The van der Waals surface area contributed by atoms with Crippen LogP contribution in [0.25, 0.3) is 0 Å². The first-order valence-corrected chi connectivity index (χ1v) is 7.89. The summed E-state index contributed by atoms with van der Waals surface area (Å²) in [6.45, 7) is 8.13. The van der Waals surface area contributed by atoms with Gasteiger partial charge in [-0.15, -0.1) is 0 Å². The zero-order chi connectivity index (χ0) is 12.9. The molecule has 17 heavy (non-hydrogen) atoms. The molecule has 0 saturated heterocycles. The van der Waals surface area contributed by atoms with Crippen molar-refractivity contribution in [2.75, 3.05) is 25.4 Å². The Hall–Kier alpha value is -0.390. The highest BCUT2D eigenvalue weighted by atomic mass is 32.2. The zero-order valence-corrected chi connectivity index (χ0v) is 11.9. The third-order valence-electron chi connectivity index (χ3n) is 2.92. The lowest BCUT2D eigenvalue weighted by molar-refractivity contribution is 0.429. The summed E-state index contributed by atoms with van der Waals surface area (Å²) in [7, 11) is -3.06. The summed E-state index contributed by atoms with van der Waals surface area (Å²) in [5, 5.41) is 3.23. The highest BCUT2D eigenvalue weighted by Gasteiger charge is 2.22. The monoisotopic (exact) mass is 260 g/mol. The Bertz CT molecular complexity index is 361. The number of nitrogens with one attached hydrogen (secondary N) is 1. The largest absolute Gasteiger partial charge is 0.314 e. The van der Waals surface area contributed by atoms with E-state index in [1.54, 1.807) is 4.31 Å². The van der Waals surface area contributed by atoms with Gasteiger partial charge in [-0.1, -0.05) is 25.5 Å². The van der Waals surface area contributed by atoms with Crippen molar-refractivity contribution in [3.8, 4) is 0 Å². The third kappa shape index (κ3) is 5.19. The van der Waals surface area contributed by atoms with E-state index in [9.17, 15) is 8.42 Å². The van der Waals surface area contributed by atoms with Gasteiger partial charge in [-0.25, -0.2) is 8.42 Å². The minimum atomic E-state index is -3.06. The fraction of sp³-hybridized carbons (Fsp3) is 0.833. The smallest absolute Gasteiger partial charge is 0.214 e. The van der Waals surface area contributed by atoms with Gasteiger partial charge >= 0.3 is 0 Å². The van der Waals surface area contributed by atoms with Gasteiger partial charge in [-0.2, -0.15) is 4.31 Å². The van der Waals surface area contributed by atoms with Crippen LogP contribution in [-0.4, -0.2) is 44.2 Å². The molecule has 4 nitrogen and oxygen atoms in total. The second-order valence-corrected chi connectivity index (χ2v) is 7.03. The SMILES string of the molecule is CC1=CCN(S(=O)(=O)CCCNC(C)C)CC1. The van der Waals surface area contributed by atoms with Crippen molar-refractivity contribution in [3.63, 3.8) is 0 Å². The maximum absolute atomic E-state index is 12.0. The number of sulfonamides is 1. The molecule has 0 fully saturated rings. The Morgan fingerprint density at radius 3 is 2.71 bits per heavy atom. The van der Waals surface area contributed by atoms with Crippen LogP contribution in [0, 0.1) is 0 Å². The molecule has 1 rings (SSSR count). The van der Waals surface area contributed by atoms with E-state index < -0.39 is 10.0 Å². The average Bonchev–Trinajstić information content (AvgIpc) is 2.25. The van der Waals surface area contributed by atoms with Crippen LogP contribution in [-0.2, 0) is 10.0 Å². The average molecular weight is 260 g/mol. The summed E-state index contributed by atoms with van der Waals surface area (Å²) in [4.78, 5) is 0. The van der Waals surface area contributed by atoms with Gasteiger partial charge in [0.05, 0.1) is 5.75 Å². The second kappa shape index (κ2) is 6.52. The molecule has 5 heteroatoms. The van der Waals surface area contributed by atoms with Gasteiger partial charge in [-0.05, 0) is 26.3 Å². The molecular formula is C12H24N2O2S. The molecule has 1 N–H and O–H groups in total. The minimum Gasteiger partial charge on any atom is -0.314 e. The highest BCUT2D eigenvalue weighted by molar-refractivity contribution is 7.89. The van der Waals surface area contributed by atoms with Gasteiger partial charge in [0.1, 0.15) is 0 Å². The number of hydrogen-bond donors (Lipinski definition) is 1. The molecule has 0 aromatic heterocycles. The normalized spacial score (nSPS) is 18.5. The molecule has 0 unspecified atom stereocenters. The standard InChI is InChI=1S/C12H24N2O2S/c1-11(2)13-7-4-10-17(15,16)14-8-5-12(3)6-9-14/h5,11,13H,4,6-10H2,1-3H3. The van der Waals surface area contributed by atoms with Gasteiger partial charge in [0, 0.05) is 19.1 Å². The maximum Gasteiger partial charge on any atom is 0.214 e. The first kappa shape index (κ1) is 14.7. The van der Waals surface area contributed by atoms with E-state index in [2.05, 4.69) is 26.1 Å². The van der Waals surface area contributed by atoms with Gasteiger partial charge in [-0.3, -0.25) is 0 Å². The quantitative estimate of drug-likeness (QED) is 0.579. The molecule has 1 aliphatic heterocycles. The molecule has 1 heterocycles. The fourth-order valence-electron chi connectivity index (χ4n) is 1.78. The molecule has 0 amide bonds. The Labute approximate surface area is 105 Å². The third-order valence-corrected chi connectivity index (χ3v) is 4.85. The lowest BCUT2D eigenvalue weighted by atomic mass is 10.1. The van der Waals surface area contributed by atoms with Crippen molar-refractivity contribution in [2.45, 2.75) is 39.7 Å². The van der Waals surface area contributed by atoms with E-state index in [0.717, 1.165) is 13.0 Å². The predicted octanol–water partition coefficient (Wildman–Crippen LogP) is 1.36. The van der Waals surface area contributed by atoms with Crippen LogP contribution in [0.4, 0.5) is 0 Å². The van der Waals surface area contributed by atoms with Gasteiger partial charge < -0.3 is 5.32 Å². The molecule has 1 aliphatic rings. The Balaban J connectivity index is 2.36. The summed E-state index contributed by atoms with van der Waals surface area (Å²) in [6, 6.07) is 0.415.